The Bertz CT molecular complexity index is 690. The highest BCUT2D eigenvalue weighted by atomic mass is 14.5. The average molecular weight is 261 g/mol. The molecule has 3 rings (SSSR count). The molecule has 0 saturated carbocycles. The summed E-state index contributed by atoms with van der Waals surface area (Å²) in [5.41, 5.74) is 14.2. The summed E-state index contributed by atoms with van der Waals surface area (Å²) in [7, 11) is 0. The van der Waals surface area contributed by atoms with Crippen molar-refractivity contribution in [2.45, 2.75) is 19.8 Å². The van der Waals surface area contributed by atoms with Gasteiger partial charge >= 0.3 is 0 Å². The van der Waals surface area contributed by atoms with E-state index in [1.165, 1.54) is 27.8 Å². The van der Waals surface area contributed by atoms with Crippen LogP contribution in [0.3, 0.4) is 0 Å². The van der Waals surface area contributed by atoms with Gasteiger partial charge < -0.3 is 5.73 Å². The van der Waals surface area contributed by atoms with Gasteiger partial charge in [-0.05, 0) is 59.7 Å². The summed E-state index contributed by atoms with van der Waals surface area (Å²) in [6.45, 7) is 6.43. The fourth-order valence-electron chi connectivity index (χ4n) is 2.77. The third kappa shape index (κ3) is 2.39. The fourth-order valence-corrected chi connectivity index (χ4v) is 2.77. The second-order valence-electron chi connectivity index (χ2n) is 5.48. The molecule has 2 aromatic rings. The van der Waals surface area contributed by atoms with Gasteiger partial charge in [0.05, 0.1) is 0 Å². The molecule has 2 aromatic carbocycles. The largest absolute Gasteiger partial charge is 0.399 e. The maximum absolute atomic E-state index is 5.73. The van der Waals surface area contributed by atoms with E-state index in [-0.39, 0.29) is 0 Å². The van der Waals surface area contributed by atoms with E-state index in [0.29, 0.717) is 0 Å². The van der Waals surface area contributed by atoms with Gasteiger partial charge in [-0.1, -0.05) is 48.6 Å². The number of hydrogen-bond acceptors (Lipinski definition) is 1. The van der Waals surface area contributed by atoms with Crippen LogP contribution in [0.15, 0.2) is 54.6 Å². The molecule has 0 radical (unpaired) electrons. The van der Waals surface area contributed by atoms with Gasteiger partial charge in [0.1, 0.15) is 0 Å². The Morgan fingerprint density at radius 2 is 1.80 bits per heavy atom. The molecule has 0 unspecified atom stereocenters. The van der Waals surface area contributed by atoms with Crippen LogP contribution in [0.2, 0.25) is 0 Å². The topological polar surface area (TPSA) is 26.0 Å². The van der Waals surface area contributed by atoms with Crippen LogP contribution in [0, 0.1) is 6.92 Å². The molecule has 1 nitrogen and oxygen atoms in total. The van der Waals surface area contributed by atoms with Crippen molar-refractivity contribution < 1.29 is 0 Å². The number of allylic oxidation sites excluding steroid dienone is 2. The number of nitrogen functional groups attached to an aromatic ring is 1. The summed E-state index contributed by atoms with van der Waals surface area (Å²) in [6, 6.07) is 14.6. The highest BCUT2D eigenvalue weighted by molar-refractivity contribution is 5.86. The molecular weight excluding hydrogens is 242 g/mol. The van der Waals surface area contributed by atoms with Crippen molar-refractivity contribution in [2.24, 2.45) is 0 Å². The zero-order chi connectivity index (χ0) is 14.1. The van der Waals surface area contributed by atoms with Crippen LogP contribution in [-0.4, -0.2) is 0 Å². The Labute approximate surface area is 120 Å². The Kier molecular flexibility index (Phi) is 3.19. The van der Waals surface area contributed by atoms with Gasteiger partial charge in [0.25, 0.3) is 0 Å². The predicted octanol–water partition coefficient (Wildman–Crippen LogP) is 4.62. The average Bonchev–Trinajstić information content (AvgIpc) is 2.44. The number of benzene rings is 2. The Morgan fingerprint density at radius 1 is 1.05 bits per heavy atom. The summed E-state index contributed by atoms with van der Waals surface area (Å²) in [5.74, 6) is 0. The van der Waals surface area contributed by atoms with Crippen molar-refractivity contribution in [1.29, 1.82) is 0 Å². The summed E-state index contributed by atoms with van der Waals surface area (Å²) in [5, 5.41) is 0. The molecule has 0 saturated heterocycles. The molecule has 0 aliphatic heterocycles. The lowest BCUT2D eigenvalue weighted by atomic mass is 9.83. The van der Waals surface area contributed by atoms with E-state index in [0.717, 1.165) is 24.1 Å². The maximum Gasteiger partial charge on any atom is 0.0314 e. The number of fused-ring (bicyclic) bond motifs is 1. The van der Waals surface area contributed by atoms with Gasteiger partial charge in [0.2, 0.25) is 0 Å². The minimum atomic E-state index is 0.801. The molecule has 0 spiro atoms. The van der Waals surface area contributed by atoms with Crippen LogP contribution < -0.4 is 5.73 Å². The van der Waals surface area contributed by atoms with Crippen LogP contribution in [0.1, 0.15) is 28.7 Å². The highest BCUT2D eigenvalue weighted by Gasteiger charge is 2.16. The molecule has 1 aliphatic rings. The molecule has 1 heteroatoms. The van der Waals surface area contributed by atoms with Gasteiger partial charge in [-0.2, -0.15) is 0 Å². The van der Waals surface area contributed by atoms with Gasteiger partial charge in [0.15, 0.2) is 0 Å². The lowest BCUT2D eigenvalue weighted by Gasteiger charge is -2.22. The zero-order valence-electron chi connectivity index (χ0n) is 11.8. The molecule has 0 heterocycles. The summed E-state index contributed by atoms with van der Waals surface area (Å²) < 4.78 is 0. The van der Waals surface area contributed by atoms with E-state index in [1.54, 1.807) is 0 Å². The molecule has 1 aliphatic carbocycles. The van der Waals surface area contributed by atoms with E-state index in [1.807, 2.05) is 12.1 Å². The molecule has 0 bridgehead atoms. The smallest absolute Gasteiger partial charge is 0.0314 e. The lowest BCUT2D eigenvalue weighted by Crippen LogP contribution is -2.04. The second kappa shape index (κ2) is 5.01. The lowest BCUT2D eigenvalue weighted by molar-refractivity contribution is 0.943. The number of rotatable bonds is 1. The normalized spacial score (nSPS) is 16.2. The van der Waals surface area contributed by atoms with Crippen LogP contribution in [0.25, 0.3) is 11.6 Å². The molecule has 100 valence electrons. The monoisotopic (exact) mass is 261 g/mol. The van der Waals surface area contributed by atoms with Crippen molar-refractivity contribution in [3.05, 3.63) is 76.9 Å². The SMILES string of the molecule is C=C1/C(=C/c2ccc(N)cc2)CCc2cc(C)ccc21. The molecule has 0 fully saturated rings. The third-order valence-electron chi connectivity index (χ3n) is 3.91. The summed E-state index contributed by atoms with van der Waals surface area (Å²) in [4.78, 5) is 0. The second-order valence-corrected chi connectivity index (χ2v) is 5.48. The minimum absolute atomic E-state index is 0.801. The third-order valence-corrected chi connectivity index (χ3v) is 3.91. The number of nitrogens with two attached hydrogens (primary N) is 1. The van der Waals surface area contributed by atoms with Gasteiger partial charge in [0, 0.05) is 5.69 Å². The quantitative estimate of drug-likeness (QED) is 0.745. The molecule has 0 atom stereocenters. The van der Waals surface area contributed by atoms with E-state index in [9.17, 15) is 0 Å². The van der Waals surface area contributed by atoms with Crippen molar-refractivity contribution in [3.63, 3.8) is 0 Å². The number of anilines is 1. The van der Waals surface area contributed by atoms with E-state index < -0.39 is 0 Å². The fraction of sp³-hybridized carbons (Fsp3) is 0.158. The first-order valence-corrected chi connectivity index (χ1v) is 6.99. The number of hydrogen-bond donors (Lipinski definition) is 1. The Balaban J connectivity index is 1.95. The van der Waals surface area contributed by atoms with Crippen molar-refractivity contribution >= 4 is 17.3 Å². The van der Waals surface area contributed by atoms with Crippen molar-refractivity contribution in [1.82, 2.24) is 0 Å². The Hall–Kier alpha value is -2.28. The minimum Gasteiger partial charge on any atom is -0.399 e. The molecular formula is C19H19N. The molecule has 0 aromatic heterocycles. The van der Waals surface area contributed by atoms with E-state index in [4.69, 9.17) is 5.73 Å². The predicted molar refractivity (Wildman–Crippen MR) is 87.4 cm³/mol. The number of aryl methyl sites for hydroxylation is 2. The van der Waals surface area contributed by atoms with Gasteiger partial charge in [-0.3, -0.25) is 0 Å². The van der Waals surface area contributed by atoms with Gasteiger partial charge in [-0.25, -0.2) is 0 Å². The highest BCUT2D eigenvalue weighted by Crippen LogP contribution is 2.35. The van der Waals surface area contributed by atoms with Crippen LogP contribution in [0.5, 0.6) is 0 Å². The molecule has 0 amide bonds. The van der Waals surface area contributed by atoms with Gasteiger partial charge in [-0.15, -0.1) is 0 Å². The van der Waals surface area contributed by atoms with Crippen LogP contribution in [0.4, 0.5) is 5.69 Å². The molecule has 2 N–H and O–H groups in total. The first-order valence-electron chi connectivity index (χ1n) is 6.99. The van der Waals surface area contributed by atoms with E-state index >= 15 is 0 Å². The standard InChI is InChI=1S/C19H19N/c1-13-3-10-19-14(2)16(6-7-17(19)11-13)12-15-4-8-18(20)9-5-15/h3-5,8-12H,2,6-7,20H2,1H3/b16-12+. The maximum atomic E-state index is 5.73. The first kappa shape index (κ1) is 12.7. The van der Waals surface area contributed by atoms with Crippen LogP contribution >= 0.6 is 0 Å². The van der Waals surface area contributed by atoms with Crippen molar-refractivity contribution in [3.8, 4) is 0 Å². The zero-order valence-corrected chi connectivity index (χ0v) is 11.8. The van der Waals surface area contributed by atoms with Crippen LogP contribution in [-0.2, 0) is 6.42 Å². The van der Waals surface area contributed by atoms with E-state index in [2.05, 4.69) is 49.9 Å². The molecule has 20 heavy (non-hydrogen) atoms. The first-order chi connectivity index (χ1) is 9.63. The summed E-state index contributed by atoms with van der Waals surface area (Å²) in [6.07, 6.45) is 4.38. The summed E-state index contributed by atoms with van der Waals surface area (Å²) >= 11 is 0. The Morgan fingerprint density at radius 3 is 2.55 bits per heavy atom. The van der Waals surface area contributed by atoms with Crippen molar-refractivity contribution in [2.75, 3.05) is 5.73 Å².